The number of rotatable bonds is 6. The Morgan fingerprint density at radius 2 is 1.73 bits per heavy atom. The van der Waals surface area contributed by atoms with Crippen LogP contribution >= 0.6 is 0 Å². The topological polar surface area (TPSA) is 148 Å². The zero-order chi connectivity index (χ0) is 21.7. The predicted molar refractivity (Wildman–Crippen MR) is 109 cm³/mol. The number of aliphatic imine (C=N–C) groups is 1. The van der Waals surface area contributed by atoms with E-state index in [-0.39, 0.29) is 18.3 Å². The maximum Gasteiger partial charge on any atom is 0.343 e. The molecule has 2 aromatic carbocycles. The van der Waals surface area contributed by atoms with Crippen molar-refractivity contribution in [1.29, 1.82) is 0 Å². The van der Waals surface area contributed by atoms with Gasteiger partial charge in [-0.2, -0.15) is 0 Å². The van der Waals surface area contributed by atoms with Gasteiger partial charge >= 0.3 is 11.9 Å². The fourth-order valence-corrected chi connectivity index (χ4v) is 3.26. The molecule has 0 spiro atoms. The van der Waals surface area contributed by atoms with Gasteiger partial charge in [-0.15, -0.1) is 0 Å². The summed E-state index contributed by atoms with van der Waals surface area (Å²) in [5.74, 6) is -1.50. The van der Waals surface area contributed by atoms with Crippen LogP contribution in [0.15, 0.2) is 53.5 Å². The number of ether oxygens (including phenoxy) is 1. The van der Waals surface area contributed by atoms with Gasteiger partial charge in [0.2, 0.25) is 5.91 Å². The average molecular weight is 410 g/mol. The Bertz CT molecular complexity index is 966. The number of carbonyl (C=O) groups excluding carboxylic acids is 2. The van der Waals surface area contributed by atoms with Crippen molar-refractivity contribution in [3.8, 4) is 5.75 Å². The number of hydrogen-bond acceptors (Lipinski definition) is 5. The van der Waals surface area contributed by atoms with Crippen molar-refractivity contribution in [1.82, 2.24) is 4.90 Å². The van der Waals surface area contributed by atoms with E-state index in [9.17, 15) is 19.5 Å². The van der Waals surface area contributed by atoms with Crippen molar-refractivity contribution >= 4 is 29.5 Å². The lowest BCUT2D eigenvalue weighted by atomic mass is 10.1. The van der Waals surface area contributed by atoms with Gasteiger partial charge in [0, 0.05) is 6.54 Å². The zero-order valence-corrected chi connectivity index (χ0v) is 16.2. The highest BCUT2D eigenvalue weighted by atomic mass is 16.5. The van der Waals surface area contributed by atoms with E-state index < -0.39 is 18.0 Å². The van der Waals surface area contributed by atoms with E-state index in [1.54, 1.807) is 48.5 Å². The van der Waals surface area contributed by atoms with Crippen LogP contribution in [0, 0.1) is 0 Å². The molecule has 0 radical (unpaired) electrons. The number of guanidine groups is 1. The third-order valence-electron chi connectivity index (χ3n) is 4.71. The van der Waals surface area contributed by atoms with Crippen LogP contribution in [-0.2, 0) is 16.0 Å². The van der Waals surface area contributed by atoms with E-state index in [2.05, 4.69) is 4.99 Å². The standard InChI is InChI=1S/C21H22N4O5/c22-21(23)24-15-7-5-14(6-8-15)20(29)30-16-9-3-13(4-10-16)12-18(26)25-11-1-2-17(25)19(27)28/h3-10,17H,1-2,11-12H2,(H,27,28)(H4,22,23,24)/t17-/m1/s1. The predicted octanol–water partition coefficient (Wildman–Crippen LogP) is 1.43. The van der Waals surface area contributed by atoms with E-state index in [0.717, 1.165) is 0 Å². The molecule has 0 bridgehead atoms. The first kappa shape index (κ1) is 20.8. The second-order valence-corrected chi connectivity index (χ2v) is 6.88. The van der Waals surface area contributed by atoms with Gasteiger partial charge in [-0.3, -0.25) is 4.79 Å². The van der Waals surface area contributed by atoms with Crippen LogP contribution in [0.5, 0.6) is 5.75 Å². The Balaban J connectivity index is 1.59. The van der Waals surface area contributed by atoms with Crippen LogP contribution in [-0.4, -0.2) is 46.4 Å². The van der Waals surface area contributed by atoms with Crippen molar-refractivity contribution in [2.24, 2.45) is 16.5 Å². The largest absolute Gasteiger partial charge is 0.480 e. The van der Waals surface area contributed by atoms with E-state index in [0.29, 0.717) is 42.0 Å². The number of likely N-dealkylation sites (tertiary alicyclic amines) is 1. The SMILES string of the molecule is NC(N)=Nc1ccc(C(=O)Oc2ccc(CC(=O)N3CCC[C@@H]3C(=O)O)cc2)cc1. The molecule has 1 atom stereocenters. The molecule has 0 unspecified atom stereocenters. The monoisotopic (exact) mass is 410 g/mol. The molecule has 1 amide bonds. The van der Waals surface area contributed by atoms with E-state index in [4.69, 9.17) is 16.2 Å². The van der Waals surface area contributed by atoms with E-state index in [1.807, 2.05) is 0 Å². The summed E-state index contributed by atoms with van der Waals surface area (Å²) in [6.45, 7) is 0.452. The molecule has 156 valence electrons. The van der Waals surface area contributed by atoms with E-state index in [1.165, 1.54) is 4.90 Å². The minimum atomic E-state index is -0.977. The molecule has 30 heavy (non-hydrogen) atoms. The summed E-state index contributed by atoms with van der Waals surface area (Å²) >= 11 is 0. The minimum Gasteiger partial charge on any atom is -0.480 e. The lowest BCUT2D eigenvalue weighted by molar-refractivity contribution is -0.148. The van der Waals surface area contributed by atoms with Crippen LogP contribution in [0.2, 0.25) is 0 Å². The van der Waals surface area contributed by atoms with E-state index >= 15 is 0 Å². The number of nitrogens with zero attached hydrogens (tertiary/aromatic N) is 2. The van der Waals surface area contributed by atoms with Gasteiger partial charge in [-0.1, -0.05) is 12.1 Å². The highest BCUT2D eigenvalue weighted by molar-refractivity contribution is 5.91. The maximum atomic E-state index is 12.4. The first-order valence-electron chi connectivity index (χ1n) is 9.36. The molecule has 0 saturated carbocycles. The molecule has 5 N–H and O–H groups in total. The van der Waals surface area contributed by atoms with Crippen molar-refractivity contribution < 1.29 is 24.2 Å². The number of carboxylic acid groups (broad SMARTS) is 1. The summed E-state index contributed by atoms with van der Waals surface area (Å²) in [5.41, 5.74) is 12.2. The highest BCUT2D eigenvalue weighted by Gasteiger charge is 2.33. The quantitative estimate of drug-likeness (QED) is 0.282. The Morgan fingerprint density at radius 3 is 2.33 bits per heavy atom. The lowest BCUT2D eigenvalue weighted by Gasteiger charge is -2.21. The molecule has 1 aliphatic heterocycles. The minimum absolute atomic E-state index is 0.0767. The first-order chi connectivity index (χ1) is 14.3. The molecule has 1 heterocycles. The zero-order valence-electron chi connectivity index (χ0n) is 16.2. The Morgan fingerprint density at radius 1 is 1.07 bits per heavy atom. The molecule has 0 aromatic heterocycles. The third-order valence-corrected chi connectivity index (χ3v) is 4.71. The highest BCUT2D eigenvalue weighted by Crippen LogP contribution is 2.21. The molecule has 9 heteroatoms. The molecular formula is C21H22N4O5. The Kier molecular flexibility index (Phi) is 6.31. The van der Waals surface area contributed by atoms with Gasteiger partial charge < -0.3 is 26.2 Å². The lowest BCUT2D eigenvalue weighted by Crippen LogP contribution is -2.41. The maximum absolute atomic E-state index is 12.4. The number of aliphatic carboxylic acids is 1. The molecule has 1 saturated heterocycles. The number of carbonyl (C=O) groups is 3. The average Bonchev–Trinajstić information content (AvgIpc) is 3.20. The van der Waals surface area contributed by atoms with Crippen molar-refractivity contribution in [3.05, 3.63) is 59.7 Å². The number of benzene rings is 2. The van der Waals surface area contributed by atoms with Crippen molar-refractivity contribution in [3.63, 3.8) is 0 Å². The van der Waals surface area contributed by atoms with Gasteiger partial charge in [-0.25, -0.2) is 14.6 Å². The molecule has 1 fully saturated rings. The van der Waals surface area contributed by atoms with Gasteiger partial charge in [-0.05, 0) is 54.8 Å². The Labute approximate surface area is 172 Å². The smallest absolute Gasteiger partial charge is 0.343 e. The summed E-state index contributed by atoms with van der Waals surface area (Å²) in [5, 5.41) is 9.21. The molecule has 3 rings (SSSR count). The summed E-state index contributed by atoms with van der Waals surface area (Å²) in [6.07, 6.45) is 1.25. The molecular weight excluding hydrogens is 388 g/mol. The number of esters is 1. The van der Waals surface area contributed by atoms with Crippen molar-refractivity contribution in [2.45, 2.75) is 25.3 Å². The number of carboxylic acids is 1. The van der Waals surface area contributed by atoms with Gasteiger partial charge in [0.05, 0.1) is 17.7 Å². The van der Waals surface area contributed by atoms with Gasteiger partial charge in [0.25, 0.3) is 0 Å². The molecule has 9 nitrogen and oxygen atoms in total. The second-order valence-electron chi connectivity index (χ2n) is 6.88. The van der Waals surface area contributed by atoms with Crippen molar-refractivity contribution in [2.75, 3.05) is 6.54 Å². The molecule has 0 aliphatic carbocycles. The summed E-state index contributed by atoms with van der Waals surface area (Å²) in [6, 6.07) is 12.1. The second kappa shape index (κ2) is 9.08. The third kappa shape index (κ3) is 5.13. The van der Waals surface area contributed by atoms with Gasteiger partial charge in [0.1, 0.15) is 11.8 Å². The van der Waals surface area contributed by atoms with Crippen LogP contribution in [0.3, 0.4) is 0 Å². The Hall–Kier alpha value is -3.88. The fraction of sp³-hybridized carbons (Fsp3) is 0.238. The summed E-state index contributed by atoms with van der Waals surface area (Å²) < 4.78 is 5.33. The first-order valence-corrected chi connectivity index (χ1v) is 9.36. The number of amides is 1. The summed E-state index contributed by atoms with van der Waals surface area (Å²) in [7, 11) is 0. The van der Waals surface area contributed by atoms with Crippen LogP contribution in [0.4, 0.5) is 5.69 Å². The fourth-order valence-electron chi connectivity index (χ4n) is 3.26. The van der Waals surface area contributed by atoms with Crippen LogP contribution < -0.4 is 16.2 Å². The molecule has 2 aromatic rings. The van der Waals surface area contributed by atoms with Crippen LogP contribution in [0.25, 0.3) is 0 Å². The number of hydrogen-bond donors (Lipinski definition) is 3. The van der Waals surface area contributed by atoms with Crippen LogP contribution in [0.1, 0.15) is 28.8 Å². The number of nitrogens with two attached hydrogens (primary N) is 2. The van der Waals surface area contributed by atoms with Gasteiger partial charge in [0.15, 0.2) is 5.96 Å². The summed E-state index contributed by atoms with van der Waals surface area (Å²) in [4.78, 5) is 41.2. The normalized spacial score (nSPS) is 15.5. The molecule has 1 aliphatic rings.